The molecule has 8 heteroatoms. The number of rotatable bonds is 3. The standard InChI is InChI=1S/C8H11N3O5/c1-4-6(8(9)12)2-5(10(13)14)3-7(4)11(15)16/h2-3,13-16H,1H3,(H2,9,12). The van der Waals surface area contributed by atoms with E-state index in [2.05, 4.69) is 0 Å². The van der Waals surface area contributed by atoms with Gasteiger partial charge >= 0.3 is 0 Å². The molecule has 0 fully saturated rings. The summed E-state index contributed by atoms with van der Waals surface area (Å²) in [7, 11) is 0. The molecule has 1 aromatic carbocycles. The van der Waals surface area contributed by atoms with Crippen LogP contribution < -0.4 is 16.2 Å². The highest BCUT2D eigenvalue weighted by Crippen LogP contribution is 2.27. The summed E-state index contributed by atoms with van der Waals surface area (Å²) in [5, 5.41) is 34.8. The molecule has 1 rings (SSSR count). The fraction of sp³-hybridized carbons (Fsp3) is 0.125. The van der Waals surface area contributed by atoms with Crippen molar-refractivity contribution in [1.82, 2.24) is 0 Å². The van der Waals surface area contributed by atoms with E-state index >= 15 is 0 Å². The van der Waals surface area contributed by atoms with E-state index in [4.69, 9.17) is 26.6 Å². The Kier molecular flexibility index (Phi) is 3.30. The van der Waals surface area contributed by atoms with Crippen LogP contribution in [-0.2, 0) is 0 Å². The van der Waals surface area contributed by atoms with Crippen LogP contribution in [0.25, 0.3) is 0 Å². The zero-order valence-electron chi connectivity index (χ0n) is 8.32. The first-order valence-electron chi connectivity index (χ1n) is 4.14. The monoisotopic (exact) mass is 229 g/mol. The van der Waals surface area contributed by atoms with Crippen LogP contribution in [0.4, 0.5) is 11.4 Å². The van der Waals surface area contributed by atoms with Crippen LogP contribution in [0, 0.1) is 6.92 Å². The van der Waals surface area contributed by atoms with Gasteiger partial charge in [-0.2, -0.15) is 0 Å². The largest absolute Gasteiger partial charge is 0.366 e. The fourth-order valence-corrected chi connectivity index (χ4v) is 1.26. The Morgan fingerprint density at radius 3 is 2.12 bits per heavy atom. The molecule has 0 bridgehead atoms. The smallest absolute Gasteiger partial charge is 0.249 e. The molecule has 0 atom stereocenters. The molecule has 0 aromatic heterocycles. The second-order valence-corrected chi connectivity index (χ2v) is 3.08. The molecular formula is C8H11N3O5. The minimum Gasteiger partial charge on any atom is -0.366 e. The van der Waals surface area contributed by atoms with Gasteiger partial charge in [0.2, 0.25) is 5.91 Å². The molecule has 0 saturated carbocycles. The molecule has 8 nitrogen and oxygen atoms in total. The van der Waals surface area contributed by atoms with E-state index in [0.29, 0.717) is 0 Å². The van der Waals surface area contributed by atoms with E-state index in [0.717, 1.165) is 12.1 Å². The van der Waals surface area contributed by atoms with Gasteiger partial charge in [-0.25, -0.2) is 0 Å². The van der Waals surface area contributed by atoms with Gasteiger partial charge in [0.25, 0.3) is 0 Å². The molecule has 0 aliphatic carbocycles. The number of nitrogens with zero attached hydrogens (tertiary/aromatic N) is 2. The van der Waals surface area contributed by atoms with Gasteiger partial charge in [0.15, 0.2) is 0 Å². The minimum atomic E-state index is -0.829. The highest BCUT2D eigenvalue weighted by atomic mass is 16.8. The summed E-state index contributed by atoms with van der Waals surface area (Å²) in [6.45, 7) is 1.43. The summed E-state index contributed by atoms with van der Waals surface area (Å²) in [5.41, 5.74) is 4.76. The number of primary amides is 1. The van der Waals surface area contributed by atoms with Gasteiger partial charge in [-0.15, -0.1) is 10.5 Å². The zero-order chi connectivity index (χ0) is 12.5. The van der Waals surface area contributed by atoms with Crippen LogP contribution in [0.2, 0.25) is 0 Å². The summed E-state index contributed by atoms with van der Waals surface area (Å²) >= 11 is 0. The van der Waals surface area contributed by atoms with Crippen LogP contribution in [0.1, 0.15) is 15.9 Å². The average Bonchev–Trinajstić information content (AvgIpc) is 2.16. The Balaban J connectivity index is 3.45. The molecule has 0 unspecified atom stereocenters. The highest BCUT2D eigenvalue weighted by molar-refractivity contribution is 5.97. The molecular weight excluding hydrogens is 218 g/mol. The number of hydrogen-bond acceptors (Lipinski definition) is 7. The molecule has 0 saturated heterocycles. The maximum atomic E-state index is 11.0. The molecule has 0 spiro atoms. The molecule has 16 heavy (non-hydrogen) atoms. The van der Waals surface area contributed by atoms with Crippen molar-refractivity contribution in [3.8, 4) is 0 Å². The van der Waals surface area contributed by atoms with Crippen molar-refractivity contribution < 1.29 is 25.6 Å². The summed E-state index contributed by atoms with van der Waals surface area (Å²) in [6.07, 6.45) is 0. The van der Waals surface area contributed by atoms with Gasteiger partial charge in [0.05, 0.1) is 5.69 Å². The third-order valence-electron chi connectivity index (χ3n) is 2.08. The van der Waals surface area contributed by atoms with E-state index in [-0.39, 0.29) is 33.0 Å². The lowest BCUT2D eigenvalue weighted by Crippen LogP contribution is -2.20. The Labute approximate surface area is 90.2 Å². The van der Waals surface area contributed by atoms with Gasteiger partial charge in [-0.3, -0.25) is 25.6 Å². The van der Waals surface area contributed by atoms with Gasteiger partial charge in [0.1, 0.15) is 5.69 Å². The van der Waals surface area contributed by atoms with Gasteiger partial charge in [-0.05, 0) is 24.6 Å². The van der Waals surface area contributed by atoms with Crippen LogP contribution >= 0.6 is 0 Å². The first-order chi connectivity index (χ1) is 7.34. The van der Waals surface area contributed by atoms with Gasteiger partial charge in [0, 0.05) is 5.56 Å². The van der Waals surface area contributed by atoms with Crippen molar-refractivity contribution >= 4 is 17.3 Å². The Morgan fingerprint density at radius 1 is 1.19 bits per heavy atom. The minimum absolute atomic E-state index is 0.0614. The molecule has 0 radical (unpaired) electrons. The lowest BCUT2D eigenvalue weighted by atomic mass is 10.1. The molecule has 0 aliphatic rings. The normalized spacial score (nSPS) is 10.1. The van der Waals surface area contributed by atoms with Crippen molar-refractivity contribution in [3.05, 3.63) is 23.3 Å². The SMILES string of the molecule is Cc1c(C(N)=O)cc(N(O)O)cc1N(O)O. The lowest BCUT2D eigenvalue weighted by Gasteiger charge is -2.17. The number of hydrogen-bond donors (Lipinski definition) is 5. The third-order valence-corrected chi connectivity index (χ3v) is 2.08. The second-order valence-electron chi connectivity index (χ2n) is 3.08. The van der Waals surface area contributed by atoms with E-state index in [1.165, 1.54) is 6.92 Å². The molecule has 1 aromatic rings. The molecule has 88 valence electrons. The first-order valence-corrected chi connectivity index (χ1v) is 4.14. The first kappa shape index (κ1) is 12.2. The summed E-state index contributed by atoms with van der Waals surface area (Å²) in [6, 6.07) is 2.15. The van der Waals surface area contributed by atoms with E-state index in [1.807, 2.05) is 0 Å². The second kappa shape index (κ2) is 4.33. The maximum absolute atomic E-state index is 11.0. The van der Waals surface area contributed by atoms with Crippen molar-refractivity contribution in [2.75, 3.05) is 10.5 Å². The molecule has 0 aliphatic heterocycles. The van der Waals surface area contributed by atoms with Crippen LogP contribution in [-0.4, -0.2) is 26.7 Å². The fourth-order valence-electron chi connectivity index (χ4n) is 1.26. The lowest BCUT2D eigenvalue weighted by molar-refractivity contribution is 0.0258. The third kappa shape index (κ3) is 2.20. The van der Waals surface area contributed by atoms with Crippen LogP contribution in [0.15, 0.2) is 12.1 Å². The summed E-state index contributed by atoms with van der Waals surface area (Å²) in [5.74, 6) is -0.829. The Morgan fingerprint density at radius 2 is 1.75 bits per heavy atom. The summed E-state index contributed by atoms with van der Waals surface area (Å²) in [4.78, 5) is 11.0. The van der Waals surface area contributed by atoms with Crippen molar-refractivity contribution in [2.45, 2.75) is 6.92 Å². The Hall–Kier alpha value is -1.87. The predicted molar refractivity (Wildman–Crippen MR) is 51.8 cm³/mol. The van der Waals surface area contributed by atoms with Crippen LogP contribution in [0.3, 0.4) is 0 Å². The van der Waals surface area contributed by atoms with Crippen molar-refractivity contribution in [3.63, 3.8) is 0 Å². The van der Waals surface area contributed by atoms with Gasteiger partial charge in [-0.1, -0.05) is 0 Å². The zero-order valence-corrected chi connectivity index (χ0v) is 8.32. The van der Waals surface area contributed by atoms with Gasteiger partial charge < -0.3 is 5.73 Å². The topological polar surface area (TPSA) is 130 Å². The molecule has 0 heterocycles. The quantitative estimate of drug-likeness (QED) is 0.470. The highest BCUT2D eigenvalue weighted by Gasteiger charge is 2.16. The van der Waals surface area contributed by atoms with E-state index < -0.39 is 5.91 Å². The van der Waals surface area contributed by atoms with Crippen molar-refractivity contribution in [2.24, 2.45) is 5.73 Å². The van der Waals surface area contributed by atoms with Crippen LogP contribution in [0.5, 0.6) is 0 Å². The number of nitrogens with two attached hydrogens (primary N) is 1. The number of amides is 1. The van der Waals surface area contributed by atoms with E-state index in [9.17, 15) is 4.79 Å². The summed E-state index contributed by atoms with van der Waals surface area (Å²) < 4.78 is 0. The number of carbonyl (C=O) groups is 1. The number of carbonyl (C=O) groups excluding carboxylic acids is 1. The maximum Gasteiger partial charge on any atom is 0.249 e. The average molecular weight is 229 g/mol. The Bertz CT molecular complexity index is 418. The number of anilines is 2. The number of benzene rings is 1. The van der Waals surface area contributed by atoms with E-state index in [1.54, 1.807) is 0 Å². The molecule has 1 amide bonds. The molecule has 6 N–H and O–H groups in total. The van der Waals surface area contributed by atoms with Crippen molar-refractivity contribution in [1.29, 1.82) is 0 Å². The predicted octanol–water partition coefficient (Wildman–Crippen LogP) is 0.264.